The van der Waals surface area contributed by atoms with Crippen molar-refractivity contribution in [1.82, 2.24) is 5.32 Å². The first-order valence-electron chi connectivity index (χ1n) is 13.9. The van der Waals surface area contributed by atoms with Gasteiger partial charge in [-0.15, -0.1) is 0 Å². The highest BCUT2D eigenvalue weighted by atomic mass is 19.1. The van der Waals surface area contributed by atoms with Crippen LogP contribution in [0.15, 0.2) is 23.8 Å². The van der Waals surface area contributed by atoms with Crippen molar-refractivity contribution >= 4 is 11.7 Å². The van der Waals surface area contributed by atoms with Gasteiger partial charge in [-0.2, -0.15) is 0 Å². The van der Waals surface area contributed by atoms with Crippen LogP contribution in [-0.2, 0) is 23.8 Å². The molecule has 1 saturated heterocycles. The van der Waals surface area contributed by atoms with E-state index in [1.165, 1.54) is 18.2 Å². The fraction of sp³-hybridized carbons (Fsp3) is 0.786. The summed E-state index contributed by atoms with van der Waals surface area (Å²) in [7, 11) is 0. The van der Waals surface area contributed by atoms with Crippen molar-refractivity contribution in [3.8, 4) is 0 Å². The third-order valence-corrected chi connectivity index (χ3v) is 10.2. The van der Waals surface area contributed by atoms with Crippen molar-refractivity contribution in [3.05, 3.63) is 23.8 Å². The van der Waals surface area contributed by atoms with Crippen LogP contribution in [0.2, 0.25) is 0 Å². The number of nitrogens with two attached hydrogens (primary N) is 1. The Morgan fingerprint density at radius 3 is 2.69 bits per heavy atom. The number of ether oxygens (including phenoxy) is 3. The van der Waals surface area contributed by atoms with Gasteiger partial charge in [0.1, 0.15) is 19.5 Å². The lowest BCUT2D eigenvalue weighted by molar-refractivity contribution is -0.235. The number of amides is 1. The Balaban J connectivity index is 1.50. The average Bonchev–Trinajstić information content (AvgIpc) is 3.37. The topological polar surface area (TPSA) is 140 Å². The summed E-state index contributed by atoms with van der Waals surface area (Å²) in [5.41, 5.74) is -0.851. The number of carbonyl (C=O) groups is 2. The molecule has 0 bridgehead atoms. The molecule has 5 rings (SSSR count). The number of aliphatic hydroxyl groups excluding tert-OH is 2. The zero-order valence-electron chi connectivity index (χ0n) is 22.7. The molecule has 11 atom stereocenters. The van der Waals surface area contributed by atoms with Crippen LogP contribution in [0.1, 0.15) is 52.9 Å². The summed E-state index contributed by atoms with van der Waals surface area (Å²) < 4.78 is 51.4. The molecule has 1 aliphatic heterocycles. The zero-order chi connectivity index (χ0) is 28.4. The minimum absolute atomic E-state index is 0.102. The van der Waals surface area contributed by atoms with E-state index in [0.29, 0.717) is 6.42 Å². The van der Waals surface area contributed by atoms with E-state index >= 15 is 8.78 Å². The van der Waals surface area contributed by atoms with E-state index in [1.54, 1.807) is 6.92 Å². The van der Waals surface area contributed by atoms with Gasteiger partial charge in [0.05, 0.1) is 24.9 Å². The molecule has 4 fully saturated rings. The molecule has 39 heavy (non-hydrogen) atoms. The van der Waals surface area contributed by atoms with Crippen LogP contribution >= 0.6 is 0 Å². The van der Waals surface area contributed by atoms with E-state index < -0.39 is 83.0 Å². The molecule has 9 nitrogen and oxygen atoms in total. The number of rotatable bonds is 8. The van der Waals surface area contributed by atoms with Crippen LogP contribution in [0, 0.1) is 22.7 Å². The summed E-state index contributed by atoms with van der Waals surface area (Å²) in [6.07, 6.45) is 0.0896. The van der Waals surface area contributed by atoms with Gasteiger partial charge in [0.15, 0.2) is 23.3 Å². The van der Waals surface area contributed by atoms with Crippen LogP contribution in [0.5, 0.6) is 0 Å². The number of Topliss-reactive ketones (excluding diaryl/α,β-unsaturated/α-hetero) is 1. The first-order chi connectivity index (χ1) is 18.4. The van der Waals surface area contributed by atoms with E-state index in [9.17, 15) is 19.8 Å². The van der Waals surface area contributed by atoms with Crippen molar-refractivity contribution < 1.29 is 42.8 Å². The largest absolute Gasteiger partial charge is 0.390 e. The quantitative estimate of drug-likeness (QED) is 0.202. The fourth-order valence-electron chi connectivity index (χ4n) is 8.46. The lowest BCUT2D eigenvalue weighted by Crippen LogP contribution is -2.71. The summed E-state index contributed by atoms with van der Waals surface area (Å²) in [6, 6.07) is 0. The predicted octanol–water partition coefficient (Wildman–Crippen LogP) is 1.61. The van der Waals surface area contributed by atoms with E-state index in [1.807, 2.05) is 13.8 Å². The second kappa shape index (κ2) is 9.95. The molecule has 0 aromatic heterocycles. The molecular weight excluding hydrogens is 514 g/mol. The Kier molecular flexibility index (Phi) is 7.34. The second-order valence-electron chi connectivity index (χ2n) is 12.1. The molecule has 0 spiro atoms. The standard InChI is InChI=1S/C28H40F2N2O7/c1-4-5-24-38-22-10-16-17-9-19(29)18-8-15(33)6-7-25(18,2)27(17,30)20(34)11-26(16,3)28(22,39-24)21(35)13-37-14-32-23(36)12-31/h6-8,15-17,19-20,22,24,33-34H,4-5,9-14,31H2,1-3H3,(H,32,36)/t15?,16?,17-,19-,20-,22+,24?,25-,26-,27-,28+/m0/s1. The van der Waals surface area contributed by atoms with Gasteiger partial charge in [0.2, 0.25) is 5.91 Å². The van der Waals surface area contributed by atoms with Crippen LogP contribution in [0.3, 0.4) is 0 Å². The molecule has 0 radical (unpaired) electrons. The van der Waals surface area contributed by atoms with Crippen molar-refractivity contribution in [2.75, 3.05) is 19.9 Å². The van der Waals surface area contributed by atoms with Gasteiger partial charge in [-0.1, -0.05) is 32.4 Å². The zero-order valence-corrected chi connectivity index (χ0v) is 22.7. The summed E-state index contributed by atoms with van der Waals surface area (Å²) in [5, 5.41) is 24.1. The van der Waals surface area contributed by atoms with Gasteiger partial charge in [-0.25, -0.2) is 8.78 Å². The van der Waals surface area contributed by atoms with Crippen molar-refractivity contribution in [1.29, 1.82) is 0 Å². The molecule has 218 valence electrons. The molecule has 4 aliphatic carbocycles. The van der Waals surface area contributed by atoms with E-state index in [0.717, 1.165) is 6.42 Å². The minimum Gasteiger partial charge on any atom is -0.390 e. The number of ketones is 1. The number of aliphatic hydroxyl groups is 2. The molecule has 1 heterocycles. The second-order valence-corrected chi connectivity index (χ2v) is 12.1. The normalized spacial score (nSPS) is 48.0. The molecule has 3 saturated carbocycles. The van der Waals surface area contributed by atoms with E-state index in [4.69, 9.17) is 19.9 Å². The molecule has 0 aromatic carbocycles. The summed E-state index contributed by atoms with van der Waals surface area (Å²) in [4.78, 5) is 25.4. The highest BCUT2D eigenvalue weighted by molar-refractivity contribution is 5.91. The van der Waals surface area contributed by atoms with Gasteiger partial charge in [0.25, 0.3) is 0 Å². The number of nitrogens with one attached hydrogen (secondary N) is 1. The van der Waals surface area contributed by atoms with Crippen LogP contribution in [0.25, 0.3) is 0 Å². The third kappa shape index (κ3) is 3.91. The van der Waals surface area contributed by atoms with Crippen LogP contribution < -0.4 is 11.1 Å². The smallest absolute Gasteiger partial charge is 0.235 e. The Morgan fingerprint density at radius 1 is 1.26 bits per heavy atom. The molecule has 11 heteroatoms. The number of carbonyl (C=O) groups excluding carboxylic acids is 2. The maximum Gasteiger partial charge on any atom is 0.235 e. The molecular formula is C28H40F2N2O7. The summed E-state index contributed by atoms with van der Waals surface area (Å²) in [5.74, 6) is -2.32. The summed E-state index contributed by atoms with van der Waals surface area (Å²) >= 11 is 0. The van der Waals surface area contributed by atoms with Gasteiger partial charge in [0, 0.05) is 16.7 Å². The first kappa shape index (κ1) is 28.8. The number of allylic oxidation sites excluding steroid dienone is 2. The van der Waals surface area contributed by atoms with Gasteiger partial charge in [-0.3, -0.25) is 9.59 Å². The molecule has 5 N–H and O–H groups in total. The number of alkyl halides is 2. The van der Waals surface area contributed by atoms with Crippen molar-refractivity contribution in [3.63, 3.8) is 0 Å². The average molecular weight is 555 g/mol. The molecule has 3 unspecified atom stereocenters. The lowest BCUT2D eigenvalue weighted by Gasteiger charge is -2.63. The lowest BCUT2D eigenvalue weighted by atomic mass is 9.44. The Hall–Kier alpha value is -1.76. The number of hydrogen-bond donors (Lipinski definition) is 4. The Bertz CT molecular complexity index is 1070. The van der Waals surface area contributed by atoms with E-state index in [2.05, 4.69) is 5.32 Å². The van der Waals surface area contributed by atoms with E-state index in [-0.39, 0.29) is 38.1 Å². The molecule has 5 aliphatic rings. The van der Waals surface area contributed by atoms with Crippen molar-refractivity contribution in [2.24, 2.45) is 28.4 Å². The SMILES string of the molecule is CCCC1O[C@@H]2CC3[C@@H]4C[C@H](F)C5=CC(O)C=C[C@]5(C)[C@@]4(F)[C@@H](O)C[C@]3(C)[C@]2(C(=O)COCNC(=O)CN)O1. The van der Waals surface area contributed by atoms with Gasteiger partial charge in [-0.05, 0) is 50.2 Å². The monoisotopic (exact) mass is 554 g/mol. The molecule has 0 aromatic rings. The van der Waals surface area contributed by atoms with Crippen molar-refractivity contribution in [2.45, 2.75) is 94.9 Å². The Labute approximate surface area is 227 Å². The van der Waals surface area contributed by atoms with Gasteiger partial charge < -0.3 is 35.5 Å². The first-order valence-corrected chi connectivity index (χ1v) is 13.9. The Morgan fingerprint density at radius 2 is 2.00 bits per heavy atom. The number of halogens is 2. The van der Waals surface area contributed by atoms with Crippen LogP contribution in [-0.4, -0.2) is 83.8 Å². The minimum atomic E-state index is -2.23. The highest BCUT2D eigenvalue weighted by Crippen LogP contribution is 2.72. The maximum atomic E-state index is 17.5. The maximum absolute atomic E-state index is 17.5. The van der Waals surface area contributed by atoms with Crippen LogP contribution in [0.4, 0.5) is 8.78 Å². The third-order valence-electron chi connectivity index (χ3n) is 10.2. The van der Waals surface area contributed by atoms with Gasteiger partial charge >= 0.3 is 0 Å². The number of hydrogen-bond acceptors (Lipinski definition) is 8. The number of fused-ring (bicyclic) bond motifs is 7. The highest BCUT2D eigenvalue weighted by Gasteiger charge is 2.79. The summed E-state index contributed by atoms with van der Waals surface area (Å²) in [6.45, 7) is 4.52. The predicted molar refractivity (Wildman–Crippen MR) is 135 cm³/mol. The fourth-order valence-corrected chi connectivity index (χ4v) is 8.46. The molecule has 1 amide bonds.